The number of carbonyl (C=O) groups is 1. The average molecular weight is 257 g/mol. The molecule has 2 rings (SSSR count). The van der Waals surface area contributed by atoms with Crippen molar-refractivity contribution in [3.63, 3.8) is 0 Å². The highest BCUT2D eigenvalue weighted by Crippen LogP contribution is 2.28. The van der Waals surface area contributed by atoms with Gasteiger partial charge in [0.25, 0.3) is 0 Å². The lowest BCUT2D eigenvalue weighted by Gasteiger charge is -2.02. The first-order valence-electron chi connectivity index (χ1n) is 4.69. The number of halogens is 3. The molecule has 0 fully saturated rings. The second-order valence-electron chi connectivity index (χ2n) is 3.38. The highest BCUT2D eigenvalue weighted by Gasteiger charge is 2.32. The number of nitrogens with zero attached hydrogens (tertiary/aromatic N) is 3. The molecule has 0 amide bonds. The predicted molar refractivity (Wildman–Crippen MR) is 53.3 cm³/mol. The summed E-state index contributed by atoms with van der Waals surface area (Å²) in [6.07, 6.45) is -1.92. The number of rotatable bonds is 2. The predicted octanol–water partition coefficient (Wildman–Crippen LogP) is 1.98. The van der Waals surface area contributed by atoms with E-state index in [0.29, 0.717) is 6.20 Å². The summed E-state index contributed by atoms with van der Waals surface area (Å²) >= 11 is 0. The van der Waals surface area contributed by atoms with E-state index in [1.807, 2.05) is 0 Å². The molecule has 0 atom stereocenters. The lowest BCUT2D eigenvalue weighted by Crippen LogP contribution is -2.04. The van der Waals surface area contributed by atoms with Crippen molar-refractivity contribution in [2.24, 2.45) is 0 Å². The van der Waals surface area contributed by atoms with Gasteiger partial charge in [0.15, 0.2) is 5.82 Å². The van der Waals surface area contributed by atoms with E-state index in [1.165, 1.54) is 12.3 Å². The van der Waals surface area contributed by atoms with Gasteiger partial charge in [0, 0.05) is 12.4 Å². The topological polar surface area (TPSA) is 68.0 Å². The number of hydrogen-bond donors (Lipinski definition) is 1. The zero-order valence-electron chi connectivity index (χ0n) is 8.72. The van der Waals surface area contributed by atoms with Crippen LogP contribution < -0.4 is 0 Å². The third kappa shape index (κ3) is 2.31. The minimum Gasteiger partial charge on any atom is -0.478 e. The van der Waals surface area contributed by atoms with Crippen LogP contribution in [0.25, 0.3) is 5.82 Å². The first-order valence-corrected chi connectivity index (χ1v) is 4.69. The summed E-state index contributed by atoms with van der Waals surface area (Å²) < 4.78 is 37.9. The van der Waals surface area contributed by atoms with Crippen LogP contribution in [-0.4, -0.2) is 25.8 Å². The summed E-state index contributed by atoms with van der Waals surface area (Å²) in [4.78, 5) is 14.5. The van der Waals surface area contributed by atoms with Crippen molar-refractivity contribution in [2.45, 2.75) is 6.18 Å². The Kier molecular flexibility index (Phi) is 2.77. The van der Waals surface area contributed by atoms with Crippen LogP contribution in [0.5, 0.6) is 0 Å². The van der Waals surface area contributed by atoms with E-state index in [-0.39, 0.29) is 11.4 Å². The Balaban J connectivity index is 2.40. The number of carboxylic acids is 1. The van der Waals surface area contributed by atoms with Crippen LogP contribution in [-0.2, 0) is 6.18 Å². The summed E-state index contributed by atoms with van der Waals surface area (Å²) in [7, 11) is 0. The molecule has 0 aromatic carbocycles. The van der Waals surface area contributed by atoms with Gasteiger partial charge in [0.05, 0.1) is 17.3 Å². The molecule has 0 radical (unpaired) electrons. The molecular weight excluding hydrogens is 251 g/mol. The third-order valence-electron chi connectivity index (χ3n) is 2.14. The summed E-state index contributed by atoms with van der Waals surface area (Å²) in [5, 5.41) is 12.2. The lowest BCUT2D eigenvalue weighted by atomic mass is 10.2. The molecule has 8 heteroatoms. The van der Waals surface area contributed by atoms with Gasteiger partial charge in [0.2, 0.25) is 0 Å². The molecule has 5 nitrogen and oxygen atoms in total. The van der Waals surface area contributed by atoms with Gasteiger partial charge in [-0.05, 0) is 12.1 Å². The number of pyridine rings is 1. The van der Waals surface area contributed by atoms with Crippen LogP contribution in [0.2, 0.25) is 0 Å². The zero-order chi connectivity index (χ0) is 13.3. The normalized spacial score (nSPS) is 11.5. The van der Waals surface area contributed by atoms with E-state index in [0.717, 1.165) is 16.9 Å². The zero-order valence-corrected chi connectivity index (χ0v) is 8.72. The minimum absolute atomic E-state index is 0.00500. The number of carboxylic acid groups (broad SMARTS) is 1. The van der Waals surface area contributed by atoms with E-state index in [4.69, 9.17) is 5.11 Å². The molecule has 18 heavy (non-hydrogen) atoms. The van der Waals surface area contributed by atoms with Gasteiger partial charge in [0.1, 0.15) is 0 Å². The van der Waals surface area contributed by atoms with Crippen molar-refractivity contribution in [1.82, 2.24) is 14.8 Å². The molecule has 0 saturated carbocycles. The fourth-order valence-electron chi connectivity index (χ4n) is 1.27. The van der Waals surface area contributed by atoms with Gasteiger partial charge in [-0.3, -0.25) is 0 Å². The van der Waals surface area contributed by atoms with E-state index >= 15 is 0 Å². The second kappa shape index (κ2) is 4.13. The van der Waals surface area contributed by atoms with Gasteiger partial charge in [-0.2, -0.15) is 18.3 Å². The number of alkyl halides is 3. The van der Waals surface area contributed by atoms with Crippen molar-refractivity contribution in [1.29, 1.82) is 0 Å². The summed E-state index contributed by atoms with van der Waals surface area (Å²) in [5.74, 6) is -1.19. The lowest BCUT2D eigenvalue weighted by molar-refractivity contribution is -0.137. The third-order valence-corrected chi connectivity index (χ3v) is 2.14. The quantitative estimate of drug-likeness (QED) is 0.893. The van der Waals surface area contributed by atoms with Gasteiger partial charge in [-0.1, -0.05) is 0 Å². The summed E-state index contributed by atoms with van der Waals surface area (Å²) in [6, 6.07) is 2.37. The molecule has 94 valence electrons. The van der Waals surface area contributed by atoms with Crippen LogP contribution in [0.15, 0.2) is 30.7 Å². The smallest absolute Gasteiger partial charge is 0.419 e. The van der Waals surface area contributed by atoms with Crippen molar-refractivity contribution in [2.75, 3.05) is 0 Å². The van der Waals surface area contributed by atoms with Crippen molar-refractivity contribution < 1.29 is 23.1 Å². The highest BCUT2D eigenvalue weighted by molar-refractivity contribution is 5.87. The molecule has 0 spiro atoms. The van der Waals surface area contributed by atoms with Crippen LogP contribution in [0.4, 0.5) is 13.2 Å². The molecular formula is C10H6F3N3O2. The van der Waals surface area contributed by atoms with Gasteiger partial charge >= 0.3 is 12.1 Å². The molecule has 0 unspecified atom stereocenters. The molecule has 0 aliphatic heterocycles. The molecule has 0 aliphatic carbocycles. The van der Waals surface area contributed by atoms with Gasteiger partial charge in [-0.25, -0.2) is 14.5 Å². The maximum atomic E-state index is 12.4. The largest absolute Gasteiger partial charge is 0.478 e. The van der Waals surface area contributed by atoms with Crippen molar-refractivity contribution >= 4 is 5.97 Å². The van der Waals surface area contributed by atoms with Crippen LogP contribution >= 0.6 is 0 Å². The van der Waals surface area contributed by atoms with Crippen molar-refractivity contribution in [3.05, 3.63) is 41.9 Å². The van der Waals surface area contributed by atoms with Gasteiger partial charge < -0.3 is 5.11 Å². The fraction of sp³-hybridized carbons (Fsp3) is 0.100. The Hall–Kier alpha value is -2.38. The Morgan fingerprint density at radius 2 is 2.11 bits per heavy atom. The maximum absolute atomic E-state index is 12.4. The molecule has 2 aromatic rings. The standard InChI is InChI=1S/C10H6F3N3O2/c11-10(12,13)7-4-15-16(5-7)8-3-6(9(17)18)1-2-14-8/h1-5H,(H,17,18). The first-order chi connectivity index (χ1) is 8.38. The molecule has 1 N–H and O–H groups in total. The molecule has 0 aliphatic rings. The van der Waals surface area contributed by atoms with E-state index in [1.54, 1.807) is 0 Å². The Morgan fingerprint density at radius 3 is 2.67 bits per heavy atom. The molecule has 0 bridgehead atoms. The molecule has 2 aromatic heterocycles. The second-order valence-corrected chi connectivity index (χ2v) is 3.38. The number of hydrogen-bond acceptors (Lipinski definition) is 3. The molecule has 0 saturated heterocycles. The van der Waals surface area contributed by atoms with E-state index < -0.39 is 17.7 Å². The first kappa shape index (κ1) is 12.1. The Bertz CT molecular complexity index is 592. The van der Waals surface area contributed by atoms with Crippen LogP contribution in [0.3, 0.4) is 0 Å². The van der Waals surface area contributed by atoms with E-state index in [2.05, 4.69) is 10.1 Å². The highest BCUT2D eigenvalue weighted by atomic mass is 19.4. The van der Waals surface area contributed by atoms with E-state index in [9.17, 15) is 18.0 Å². The monoisotopic (exact) mass is 257 g/mol. The average Bonchev–Trinajstić information content (AvgIpc) is 2.78. The maximum Gasteiger partial charge on any atom is 0.419 e. The van der Waals surface area contributed by atoms with Crippen molar-refractivity contribution in [3.8, 4) is 5.82 Å². The van der Waals surface area contributed by atoms with Gasteiger partial charge in [-0.15, -0.1) is 0 Å². The minimum atomic E-state index is -4.50. The number of aromatic carboxylic acids is 1. The SMILES string of the molecule is O=C(O)c1ccnc(-n2cc(C(F)(F)F)cn2)c1. The Morgan fingerprint density at radius 1 is 1.39 bits per heavy atom. The Labute approximate surface area is 98.5 Å². The van der Waals surface area contributed by atoms with Crippen LogP contribution in [0, 0.1) is 0 Å². The molecule has 2 heterocycles. The summed E-state index contributed by atoms with van der Waals surface area (Å²) in [6.45, 7) is 0. The van der Waals surface area contributed by atoms with Crippen LogP contribution in [0.1, 0.15) is 15.9 Å². The number of aromatic nitrogens is 3. The fourth-order valence-corrected chi connectivity index (χ4v) is 1.27. The summed E-state index contributed by atoms with van der Waals surface area (Å²) in [5.41, 5.74) is -1.01.